The number of nitrogens with zero attached hydrogens (tertiary/aromatic N) is 1. The van der Waals surface area contributed by atoms with Gasteiger partial charge in [-0.3, -0.25) is 9.69 Å². The fourth-order valence-corrected chi connectivity index (χ4v) is 4.23. The lowest BCUT2D eigenvalue weighted by molar-refractivity contribution is -0.127. The standard InChI is InChI=1S/C23H28Cl2N2O/c1-15-7-8-19(13-16(15)2)17(3)26-23(28)18-9-11-27(12-10-18)14-20-21(24)5-4-6-22(20)25/h4-8,13,17-18H,9-12,14H2,1-3H3,(H,26,28)/t17-/m1/s1. The van der Waals surface area contributed by atoms with E-state index in [-0.39, 0.29) is 17.9 Å². The van der Waals surface area contributed by atoms with Gasteiger partial charge in [-0.2, -0.15) is 0 Å². The fourth-order valence-electron chi connectivity index (χ4n) is 3.71. The van der Waals surface area contributed by atoms with Crippen molar-refractivity contribution in [2.75, 3.05) is 13.1 Å². The van der Waals surface area contributed by atoms with Crippen LogP contribution < -0.4 is 5.32 Å². The first-order chi connectivity index (χ1) is 13.3. The third-order valence-electron chi connectivity index (χ3n) is 5.79. The lowest BCUT2D eigenvalue weighted by Crippen LogP contribution is -2.41. The molecule has 150 valence electrons. The molecule has 1 fully saturated rings. The number of hydrogen-bond acceptors (Lipinski definition) is 2. The van der Waals surface area contributed by atoms with Crippen LogP contribution in [-0.4, -0.2) is 23.9 Å². The van der Waals surface area contributed by atoms with Crippen LogP contribution in [0.4, 0.5) is 0 Å². The summed E-state index contributed by atoms with van der Waals surface area (Å²) in [4.78, 5) is 15.1. The Bertz CT molecular complexity index is 824. The number of rotatable bonds is 5. The van der Waals surface area contributed by atoms with Crippen molar-refractivity contribution in [3.63, 3.8) is 0 Å². The van der Waals surface area contributed by atoms with Crippen LogP contribution in [0.5, 0.6) is 0 Å². The second-order valence-electron chi connectivity index (χ2n) is 7.82. The summed E-state index contributed by atoms with van der Waals surface area (Å²) in [5.41, 5.74) is 4.65. The SMILES string of the molecule is Cc1ccc([C@@H](C)NC(=O)C2CCN(Cc3c(Cl)cccc3Cl)CC2)cc1C. The summed E-state index contributed by atoms with van der Waals surface area (Å²) < 4.78 is 0. The van der Waals surface area contributed by atoms with Crippen LogP contribution in [-0.2, 0) is 11.3 Å². The summed E-state index contributed by atoms with van der Waals surface area (Å²) in [5.74, 6) is 0.216. The van der Waals surface area contributed by atoms with Gasteiger partial charge in [0, 0.05) is 28.1 Å². The van der Waals surface area contributed by atoms with E-state index in [1.807, 2.05) is 18.2 Å². The highest BCUT2D eigenvalue weighted by atomic mass is 35.5. The Morgan fingerprint density at radius 3 is 2.36 bits per heavy atom. The van der Waals surface area contributed by atoms with Crippen molar-refractivity contribution in [3.8, 4) is 0 Å². The van der Waals surface area contributed by atoms with Crippen molar-refractivity contribution < 1.29 is 4.79 Å². The molecule has 0 unspecified atom stereocenters. The predicted octanol–water partition coefficient (Wildman–Crippen LogP) is 5.70. The van der Waals surface area contributed by atoms with Crippen LogP contribution in [0.3, 0.4) is 0 Å². The lowest BCUT2D eigenvalue weighted by atomic mass is 9.94. The van der Waals surface area contributed by atoms with E-state index < -0.39 is 0 Å². The number of benzene rings is 2. The van der Waals surface area contributed by atoms with Gasteiger partial charge in [0.15, 0.2) is 0 Å². The number of amides is 1. The van der Waals surface area contributed by atoms with E-state index >= 15 is 0 Å². The van der Waals surface area contributed by atoms with Gasteiger partial charge in [0.2, 0.25) is 5.91 Å². The minimum atomic E-state index is 0.0201. The third kappa shape index (κ3) is 5.08. The van der Waals surface area contributed by atoms with E-state index in [0.29, 0.717) is 10.0 Å². The molecule has 0 bridgehead atoms. The number of carbonyl (C=O) groups excluding carboxylic acids is 1. The van der Waals surface area contributed by atoms with Gasteiger partial charge in [0.1, 0.15) is 0 Å². The highest BCUT2D eigenvalue weighted by Gasteiger charge is 2.26. The molecular weight excluding hydrogens is 391 g/mol. The zero-order chi connectivity index (χ0) is 20.3. The molecule has 2 aromatic carbocycles. The van der Waals surface area contributed by atoms with E-state index in [1.54, 1.807) is 0 Å². The number of nitrogens with one attached hydrogen (secondary N) is 1. The van der Waals surface area contributed by atoms with Gasteiger partial charge in [-0.05, 0) is 75.5 Å². The molecule has 28 heavy (non-hydrogen) atoms. The van der Waals surface area contributed by atoms with Crippen molar-refractivity contribution in [2.45, 2.75) is 46.2 Å². The Kier molecular flexibility index (Phi) is 7.03. The Labute approximate surface area is 178 Å². The molecule has 3 nitrogen and oxygen atoms in total. The van der Waals surface area contributed by atoms with E-state index in [2.05, 4.69) is 49.2 Å². The largest absolute Gasteiger partial charge is 0.349 e. The monoisotopic (exact) mass is 418 g/mol. The topological polar surface area (TPSA) is 32.3 Å². The molecule has 0 radical (unpaired) electrons. The summed E-state index contributed by atoms with van der Waals surface area (Å²) in [7, 11) is 0. The van der Waals surface area contributed by atoms with E-state index in [4.69, 9.17) is 23.2 Å². The maximum absolute atomic E-state index is 12.7. The summed E-state index contributed by atoms with van der Waals surface area (Å²) in [6.07, 6.45) is 1.71. The molecule has 1 aliphatic rings. The van der Waals surface area contributed by atoms with Crippen LogP contribution in [0.15, 0.2) is 36.4 Å². The Morgan fingerprint density at radius 1 is 1.11 bits per heavy atom. The fraction of sp³-hybridized carbons (Fsp3) is 0.435. The van der Waals surface area contributed by atoms with Crippen molar-refractivity contribution in [3.05, 3.63) is 68.7 Å². The molecule has 1 aliphatic heterocycles. The van der Waals surface area contributed by atoms with E-state index in [1.165, 1.54) is 11.1 Å². The molecular formula is C23H28Cl2N2O. The number of piperidine rings is 1. The van der Waals surface area contributed by atoms with Gasteiger partial charge in [-0.15, -0.1) is 0 Å². The second-order valence-corrected chi connectivity index (χ2v) is 8.64. The van der Waals surface area contributed by atoms with Gasteiger partial charge < -0.3 is 5.32 Å². The maximum atomic E-state index is 12.7. The molecule has 0 aliphatic carbocycles. The number of carbonyl (C=O) groups is 1. The van der Waals surface area contributed by atoms with Gasteiger partial charge in [-0.1, -0.05) is 47.5 Å². The number of likely N-dealkylation sites (tertiary alicyclic amines) is 1. The van der Waals surface area contributed by atoms with Crippen LogP contribution in [0.1, 0.15) is 48.1 Å². The molecule has 1 amide bonds. The average molecular weight is 419 g/mol. The molecule has 2 aromatic rings. The second kappa shape index (κ2) is 9.30. The first-order valence-corrected chi connectivity index (χ1v) is 10.6. The average Bonchev–Trinajstić information content (AvgIpc) is 2.67. The van der Waals surface area contributed by atoms with Crippen LogP contribution in [0.25, 0.3) is 0 Å². The summed E-state index contributed by atoms with van der Waals surface area (Å²) in [5, 5.41) is 4.60. The molecule has 1 N–H and O–H groups in total. The van der Waals surface area contributed by atoms with Crippen molar-refractivity contribution in [2.24, 2.45) is 5.92 Å². The Balaban J connectivity index is 1.53. The quantitative estimate of drug-likeness (QED) is 0.674. The highest BCUT2D eigenvalue weighted by molar-refractivity contribution is 6.35. The molecule has 0 spiro atoms. The summed E-state index contributed by atoms with van der Waals surface area (Å²) >= 11 is 12.6. The van der Waals surface area contributed by atoms with Crippen LogP contribution in [0.2, 0.25) is 10.0 Å². The van der Waals surface area contributed by atoms with Crippen molar-refractivity contribution >= 4 is 29.1 Å². The first-order valence-electron chi connectivity index (χ1n) is 9.88. The van der Waals surface area contributed by atoms with Crippen molar-refractivity contribution in [1.82, 2.24) is 10.2 Å². The third-order valence-corrected chi connectivity index (χ3v) is 6.50. The van der Waals surface area contributed by atoms with E-state index in [9.17, 15) is 4.79 Å². The maximum Gasteiger partial charge on any atom is 0.223 e. The normalized spacial score (nSPS) is 16.8. The Morgan fingerprint density at radius 2 is 1.75 bits per heavy atom. The van der Waals surface area contributed by atoms with Gasteiger partial charge in [0.05, 0.1) is 6.04 Å². The van der Waals surface area contributed by atoms with Crippen LogP contribution in [0, 0.1) is 19.8 Å². The zero-order valence-electron chi connectivity index (χ0n) is 16.8. The lowest BCUT2D eigenvalue weighted by Gasteiger charge is -2.32. The molecule has 0 aromatic heterocycles. The minimum absolute atomic E-state index is 0.0201. The Hall–Kier alpha value is -1.55. The molecule has 5 heteroatoms. The first kappa shape index (κ1) is 21.2. The molecule has 1 heterocycles. The number of aryl methyl sites for hydroxylation is 2. The van der Waals surface area contributed by atoms with Crippen LogP contribution >= 0.6 is 23.2 Å². The van der Waals surface area contributed by atoms with Gasteiger partial charge in [-0.25, -0.2) is 0 Å². The molecule has 1 atom stereocenters. The van der Waals surface area contributed by atoms with E-state index in [0.717, 1.165) is 43.6 Å². The van der Waals surface area contributed by atoms with Crippen molar-refractivity contribution in [1.29, 1.82) is 0 Å². The highest BCUT2D eigenvalue weighted by Crippen LogP contribution is 2.28. The summed E-state index contributed by atoms with van der Waals surface area (Å²) in [6.45, 7) is 8.73. The smallest absolute Gasteiger partial charge is 0.223 e. The van der Waals surface area contributed by atoms with Gasteiger partial charge >= 0.3 is 0 Å². The van der Waals surface area contributed by atoms with Gasteiger partial charge in [0.25, 0.3) is 0 Å². The number of halogens is 2. The predicted molar refractivity (Wildman–Crippen MR) is 117 cm³/mol. The molecule has 1 saturated heterocycles. The minimum Gasteiger partial charge on any atom is -0.349 e. The summed E-state index contributed by atoms with van der Waals surface area (Å²) in [6, 6.07) is 12.0. The molecule has 3 rings (SSSR count). The molecule has 0 saturated carbocycles. The number of hydrogen-bond donors (Lipinski definition) is 1. The zero-order valence-corrected chi connectivity index (χ0v) is 18.3.